The van der Waals surface area contributed by atoms with E-state index in [1.807, 2.05) is 0 Å². The van der Waals surface area contributed by atoms with Crippen LogP contribution in [0, 0.1) is 3.57 Å². The third-order valence-corrected chi connectivity index (χ3v) is 1.05. The van der Waals surface area contributed by atoms with Gasteiger partial charge < -0.3 is 0 Å². The molecule has 0 aliphatic rings. The van der Waals surface area contributed by atoms with Gasteiger partial charge in [-0.25, -0.2) is 0 Å². The van der Waals surface area contributed by atoms with Crippen LogP contribution in [0.4, 0.5) is 0 Å². The summed E-state index contributed by atoms with van der Waals surface area (Å²) in [5.41, 5.74) is 0. The van der Waals surface area contributed by atoms with Gasteiger partial charge in [0.1, 0.15) is 0 Å². The summed E-state index contributed by atoms with van der Waals surface area (Å²) in [6, 6.07) is 1.30. The largest absolute Gasteiger partial charge is 0.0634 e. The molecule has 1 aromatic rings. The second-order valence-electron chi connectivity index (χ2n) is 0.997. The Morgan fingerprint density at radius 3 is 2.57 bits per heavy atom. The topological polar surface area (TPSA) is 0 Å². The van der Waals surface area contributed by atoms with E-state index in [0.29, 0.717) is 3.57 Å². The van der Waals surface area contributed by atoms with E-state index in [-0.39, 0.29) is 24.2 Å². The van der Waals surface area contributed by atoms with Gasteiger partial charge in [0.2, 0.25) is 0 Å². The van der Waals surface area contributed by atoms with E-state index < -0.39 is 0 Å². The van der Waals surface area contributed by atoms with Gasteiger partial charge in [-0.2, -0.15) is 0 Å². The third-order valence-electron chi connectivity index (χ3n) is 0.508. The fraction of sp³-hybridized carbons (Fsp3) is 0. The average Bonchev–Trinajstić information content (AvgIpc) is 1.97. The van der Waals surface area contributed by atoms with E-state index in [1.54, 1.807) is 22.6 Å². The van der Waals surface area contributed by atoms with Crippen LogP contribution in [0.15, 0.2) is 30.2 Å². The molecule has 0 aliphatic carbocycles. The van der Waals surface area contributed by atoms with E-state index in [0.717, 1.165) is 0 Å². The predicted molar refractivity (Wildman–Crippen MR) is 39.2 cm³/mol. The molecule has 0 amide bonds. The molecule has 1 aromatic carbocycles. The minimum absolute atomic E-state index is 0.00963. The van der Waals surface area contributed by atoms with Gasteiger partial charge in [0.25, 0.3) is 0 Å². The Morgan fingerprint density at radius 1 is 1.43 bits per heavy atom. The number of halogens is 1. The van der Waals surface area contributed by atoms with Gasteiger partial charge in [-0.15, -0.1) is 0 Å². The highest BCUT2D eigenvalue weighted by Crippen LogP contribution is 1.99. The Balaban J connectivity index is 3.46. The highest BCUT2D eigenvalue weighted by atomic mass is 127. The van der Waals surface area contributed by atoms with E-state index in [1.165, 1.54) is 6.07 Å². The van der Waals surface area contributed by atoms with Gasteiger partial charge in [0.15, 0.2) is 0 Å². The molecule has 36 valence electrons. The highest BCUT2D eigenvalue weighted by molar-refractivity contribution is 14.1. The average molecular weight is 208 g/mol. The minimum atomic E-state index is 0.00963. The van der Waals surface area contributed by atoms with Crippen LogP contribution in [0.2, 0.25) is 0 Å². The lowest BCUT2D eigenvalue weighted by molar-refractivity contribution is 1.65. The van der Waals surface area contributed by atoms with Crippen LogP contribution in [-0.4, -0.2) is 0 Å². The second-order valence-corrected chi connectivity index (χ2v) is 2.08. The van der Waals surface area contributed by atoms with Gasteiger partial charge in [0.05, 0.1) is 5.48 Å². The molecule has 0 nitrogen and oxygen atoms in total. The molecule has 1 heteroatoms. The summed E-state index contributed by atoms with van der Waals surface area (Å²) in [7, 11) is 0. The summed E-state index contributed by atoms with van der Waals surface area (Å²) in [6.07, 6.45) is 0. The summed E-state index contributed by atoms with van der Waals surface area (Å²) in [5, 5.41) is 0. The molecule has 0 spiro atoms. The van der Waals surface area contributed by atoms with E-state index in [9.17, 15) is 0 Å². The van der Waals surface area contributed by atoms with Crippen LogP contribution in [0.1, 0.15) is 5.48 Å². The molecule has 0 unspecified atom stereocenters. The molecule has 0 fully saturated rings. The molecule has 1 rings (SSSR count). The molecule has 0 N–H and O–H groups in total. The lowest BCUT2D eigenvalue weighted by Gasteiger charge is -1.80. The smallest absolute Gasteiger partial charge is 0.0622 e. The first-order valence-corrected chi connectivity index (χ1v) is 2.85. The Morgan fingerprint density at radius 2 is 2.00 bits per heavy atom. The van der Waals surface area contributed by atoms with Crippen LogP contribution >= 0.6 is 22.6 Å². The second kappa shape index (κ2) is 2.31. The number of hydrogen-bond donors (Lipinski definition) is 0. The number of rotatable bonds is 0. The van der Waals surface area contributed by atoms with Crippen molar-refractivity contribution >= 4 is 22.6 Å². The summed E-state index contributed by atoms with van der Waals surface area (Å²) in [6.45, 7) is 0. The standard InChI is InChI=1S/C6H5I/c7-6-4-2-1-3-5-6/h1-5H/i2D,3D,4D,5D. The van der Waals surface area contributed by atoms with Gasteiger partial charge in [-0.1, -0.05) is 18.2 Å². The zero-order chi connectivity index (χ0) is 8.59. The summed E-state index contributed by atoms with van der Waals surface area (Å²) >= 11 is 1.81. The molecule has 0 atom stereocenters. The van der Waals surface area contributed by atoms with Crippen molar-refractivity contribution in [2.24, 2.45) is 0 Å². The molecule has 0 heterocycles. The maximum Gasteiger partial charge on any atom is 0.0634 e. The Bertz CT molecular complexity index is 271. The zero-order valence-electron chi connectivity index (χ0n) is 7.46. The first-order chi connectivity index (χ1) is 5.04. The van der Waals surface area contributed by atoms with Crippen LogP contribution < -0.4 is 0 Å². The predicted octanol–water partition coefficient (Wildman–Crippen LogP) is 2.29. The fourth-order valence-electron chi connectivity index (χ4n) is 0.266. The minimum Gasteiger partial charge on any atom is -0.0622 e. The molecule has 0 saturated heterocycles. The van der Waals surface area contributed by atoms with Crippen molar-refractivity contribution in [3.63, 3.8) is 0 Å². The lowest BCUT2D eigenvalue weighted by atomic mass is 10.4. The molecule has 7 heavy (non-hydrogen) atoms. The van der Waals surface area contributed by atoms with E-state index in [2.05, 4.69) is 0 Å². The van der Waals surface area contributed by atoms with Crippen molar-refractivity contribution in [3.8, 4) is 0 Å². The fourth-order valence-corrected chi connectivity index (χ4v) is 0.578. The molecule has 0 radical (unpaired) electrons. The third kappa shape index (κ3) is 1.47. The Hall–Kier alpha value is -0.0500. The first-order valence-electron chi connectivity index (χ1n) is 3.77. The molecule has 0 saturated carbocycles. The normalized spacial score (nSPS) is 16.7. The lowest BCUT2D eigenvalue weighted by Crippen LogP contribution is -1.61. The monoisotopic (exact) mass is 208 g/mol. The van der Waals surface area contributed by atoms with Crippen molar-refractivity contribution in [1.82, 2.24) is 0 Å². The van der Waals surface area contributed by atoms with E-state index in [4.69, 9.17) is 5.48 Å². The quantitative estimate of drug-likeness (QED) is 0.574. The van der Waals surface area contributed by atoms with Crippen molar-refractivity contribution in [2.45, 2.75) is 0 Å². The van der Waals surface area contributed by atoms with Crippen LogP contribution in [0.3, 0.4) is 0 Å². The molecular formula is C6H5I. The van der Waals surface area contributed by atoms with Gasteiger partial charge in [0, 0.05) is 3.57 Å². The van der Waals surface area contributed by atoms with Gasteiger partial charge in [-0.05, 0) is 34.7 Å². The number of benzene rings is 1. The molecular weight excluding hydrogens is 199 g/mol. The van der Waals surface area contributed by atoms with Crippen LogP contribution in [-0.2, 0) is 0 Å². The summed E-state index contributed by atoms with van der Waals surface area (Å²) < 4.78 is 29.3. The SMILES string of the molecule is [2H]c1cc([2H])c([2H])c(I)c1[2H]. The highest BCUT2D eigenvalue weighted by Gasteiger charge is 1.74. The van der Waals surface area contributed by atoms with Crippen LogP contribution in [0.25, 0.3) is 0 Å². The van der Waals surface area contributed by atoms with Crippen molar-refractivity contribution < 1.29 is 5.48 Å². The summed E-state index contributed by atoms with van der Waals surface area (Å²) in [5.74, 6) is 0. The van der Waals surface area contributed by atoms with Crippen molar-refractivity contribution in [1.29, 1.82) is 0 Å². The van der Waals surface area contributed by atoms with Gasteiger partial charge in [-0.3, -0.25) is 0 Å². The number of hydrogen-bond acceptors (Lipinski definition) is 0. The molecule has 0 aliphatic heterocycles. The Labute approximate surface area is 62.3 Å². The first kappa shape index (κ1) is 2.05. The van der Waals surface area contributed by atoms with E-state index >= 15 is 0 Å². The molecule has 0 aromatic heterocycles. The van der Waals surface area contributed by atoms with Crippen molar-refractivity contribution in [2.75, 3.05) is 0 Å². The maximum atomic E-state index is 7.28. The van der Waals surface area contributed by atoms with Crippen molar-refractivity contribution in [3.05, 3.63) is 33.8 Å². The zero-order valence-corrected chi connectivity index (χ0v) is 5.61. The molecule has 0 bridgehead atoms. The Kier molecular flexibility index (Phi) is 0.676. The summed E-state index contributed by atoms with van der Waals surface area (Å²) in [4.78, 5) is 0. The van der Waals surface area contributed by atoms with Gasteiger partial charge >= 0.3 is 0 Å². The maximum absolute atomic E-state index is 7.28. The van der Waals surface area contributed by atoms with Crippen LogP contribution in [0.5, 0.6) is 0 Å².